The molecule has 3 aromatic rings. The SMILES string of the molecule is CON=C1CCC(Nc2nc(NCc3ccccc3)c3ncn(C4CCCC4)c3n2)CC1. The van der Waals surface area contributed by atoms with Crippen LogP contribution in [0.25, 0.3) is 11.2 Å². The summed E-state index contributed by atoms with van der Waals surface area (Å²) < 4.78 is 2.26. The van der Waals surface area contributed by atoms with Gasteiger partial charge in [0.2, 0.25) is 5.95 Å². The summed E-state index contributed by atoms with van der Waals surface area (Å²) in [6.45, 7) is 0.697. The highest BCUT2D eigenvalue weighted by Gasteiger charge is 2.23. The fourth-order valence-corrected chi connectivity index (χ4v) is 4.83. The van der Waals surface area contributed by atoms with Crippen LogP contribution in [0.1, 0.15) is 63.0 Å². The predicted molar refractivity (Wildman–Crippen MR) is 127 cm³/mol. The first-order valence-corrected chi connectivity index (χ1v) is 11.7. The summed E-state index contributed by atoms with van der Waals surface area (Å²) in [6.07, 6.45) is 10.7. The van der Waals surface area contributed by atoms with Crippen LogP contribution in [0.15, 0.2) is 41.8 Å². The maximum atomic E-state index is 4.94. The van der Waals surface area contributed by atoms with Crippen LogP contribution in [0, 0.1) is 0 Å². The first-order chi connectivity index (χ1) is 15.8. The minimum atomic E-state index is 0.327. The molecule has 2 aliphatic rings. The van der Waals surface area contributed by atoms with Gasteiger partial charge in [0.25, 0.3) is 0 Å². The second-order valence-electron chi connectivity index (χ2n) is 8.76. The fraction of sp³-hybridized carbons (Fsp3) is 0.500. The van der Waals surface area contributed by atoms with Crippen LogP contribution in [0.4, 0.5) is 11.8 Å². The van der Waals surface area contributed by atoms with E-state index in [-0.39, 0.29) is 0 Å². The number of hydrogen-bond acceptors (Lipinski definition) is 7. The van der Waals surface area contributed by atoms with Crippen LogP contribution in [0.5, 0.6) is 0 Å². The number of nitrogens with zero attached hydrogens (tertiary/aromatic N) is 5. The molecule has 0 radical (unpaired) electrons. The molecular weight excluding hydrogens is 402 g/mol. The standard InChI is InChI=1S/C24H31N7O/c1-32-30-19-13-11-18(12-14-19)27-24-28-22(25-15-17-7-3-2-4-8-17)21-23(29-24)31(16-26-21)20-9-5-6-10-20/h2-4,7-8,16,18,20H,5-6,9-15H2,1H3,(H2,25,27,28,29). The highest BCUT2D eigenvalue weighted by Crippen LogP contribution is 2.33. The summed E-state index contributed by atoms with van der Waals surface area (Å²) in [5.74, 6) is 1.46. The minimum Gasteiger partial charge on any atom is -0.399 e. The Hall–Kier alpha value is -3.16. The molecule has 0 spiro atoms. The van der Waals surface area contributed by atoms with Crippen molar-refractivity contribution >= 4 is 28.6 Å². The Morgan fingerprint density at radius 3 is 2.59 bits per heavy atom. The molecule has 0 aliphatic heterocycles. The van der Waals surface area contributed by atoms with E-state index < -0.39 is 0 Å². The maximum Gasteiger partial charge on any atom is 0.227 e. The molecule has 2 fully saturated rings. The molecule has 2 aliphatic carbocycles. The van der Waals surface area contributed by atoms with Crippen molar-refractivity contribution in [2.45, 2.75) is 70.0 Å². The van der Waals surface area contributed by atoms with Gasteiger partial charge in [-0.15, -0.1) is 0 Å². The van der Waals surface area contributed by atoms with E-state index in [0.717, 1.165) is 48.4 Å². The van der Waals surface area contributed by atoms with E-state index in [1.54, 1.807) is 7.11 Å². The minimum absolute atomic E-state index is 0.327. The molecule has 0 saturated heterocycles. The zero-order valence-corrected chi connectivity index (χ0v) is 18.6. The van der Waals surface area contributed by atoms with Crippen molar-refractivity contribution in [3.63, 3.8) is 0 Å². The van der Waals surface area contributed by atoms with Gasteiger partial charge in [0.1, 0.15) is 7.11 Å². The van der Waals surface area contributed by atoms with Crippen molar-refractivity contribution in [2.75, 3.05) is 17.7 Å². The number of fused-ring (bicyclic) bond motifs is 1. The average Bonchev–Trinajstić information content (AvgIpc) is 3.50. The summed E-state index contributed by atoms with van der Waals surface area (Å²) >= 11 is 0. The largest absolute Gasteiger partial charge is 0.399 e. The Kier molecular flexibility index (Phi) is 6.18. The Bertz CT molecular complexity index is 1060. The topological polar surface area (TPSA) is 89.3 Å². The number of nitrogens with one attached hydrogen (secondary N) is 2. The normalized spacial score (nSPS) is 19.3. The van der Waals surface area contributed by atoms with E-state index in [1.807, 2.05) is 12.4 Å². The van der Waals surface area contributed by atoms with Crippen molar-refractivity contribution in [3.05, 3.63) is 42.2 Å². The molecule has 2 N–H and O–H groups in total. The second-order valence-corrected chi connectivity index (χ2v) is 8.76. The maximum absolute atomic E-state index is 4.94. The van der Waals surface area contributed by atoms with E-state index in [2.05, 4.69) is 44.6 Å². The quantitative estimate of drug-likeness (QED) is 0.515. The number of benzene rings is 1. The molecule has 32 heavy (non-hydrogen) atoms. The lowest BCUT2D eigenvalue weighted by Crippen LogP contribution is -2.27. The monoisotopic (exact) mass is 433 g/mol. The van der Waals surface area contributed by atoms with Crippen molar-refractivity contribution in [3.8, 4) is 0 Å². The van der Waals surface area contributed by atoms with Gasteiger partial charge in [-0.3, -0.25) is 0 Å². The summed E-state index contributed by atoms with van der Waals surface area (Å²) in [5, 5.41) is 11.2. The third-order valence-electron chi connectivity index (χ3n) is 6.56. The van der Waals surface area contributed by atoms with Crippen LogP contribution >= 0.6 is 0 Å². The molecule has 168 valence electrons. The van der Waals surface area contributed by atoms with Crippen LogP contribution in [-0.4, -0.2) is 38.4 Å². The smallest absolute Gasteiger partial charge is 0.227 e. The third kappa shape index (κ3) is 4.54. The highest BCUT2D eigenvalue weighted by atomic mass is 16.6. The van der Waals surface area contributed by atoms with Crippen molar-refractivity contribution in [2.24, 2.45) is 5.16 Å². The first kappa shape index (κ1) is 20.7. The summed E-state index contributed by atoms with van der Waals surface area (Å²) in [4.78, 5) is 19.4. The Morgan fingerprint density at radius 2 is 1.84 bits per heavy atom. The van der Waals surface area contributed by atoms with Crippen molar-refractivity contribution in [1.82, 2.24) is 19.5 Å². The van der Waals surface area contributed by atoms with E-state index in [1.165, 1.54) is 31.2 Å². The fourth-order valence-electron chi connectivity index (χ4n) is 4.83. The van der Waals surface area contributed by atoms with E-state index >= 15 is 0 Å². The molecule has 0 unspecified atom stereocenters. The molecule has 2 aromatic heterocycles. The number of rotatable bonds is 7. The molecule has 1 aromatic carbocycles. The molecule has 8 heteroatoms. The van der Waals surface area contributed by atoms with Gasteiger partial charge in [-0.1, -0.05) is 48.3 Å². The lowest BCUT2D eigenvalue weighted by molar-refractivity contribution is 0.210. The Morgan fingerprint density at radius 1 is 1.06 bits per heavy atom. The van der Waals surface area contributed by atoms with Crippen LogP contribution in [0.3, 0.4) is 0 Å². The van der Waals surface area contributed by atoms with Gasteiger partial charge >= 0.3 is 0 Å². The summed E-state index contributed by atoms with van der Waals surface area (Å²) in [5.41, 5.74) is 4.10. The van der Waals surface area contributed by atoms with Crippen molar-refractivity contribution < 1.29 is 4.84 Å². The molecular formula is C24H31N7O. The number of imidazole rings is 1. The molecule has 2 saturated carbocycles. The molecule has 0 amide bonds. The van der Waals surface area contributed by atoms with Gasteiger partial charge in [-0.05, 0) is 44.1 Å². The summed E-state index contributed by atoms with van der Waals surface area (Å²) in [7, 11) is 1.61. The molecule has 8 nitrogen and oxygen atoms in total. The molecule has 0 bridgehead atoms. The van der Waals surface area contributed by atoms with Gasteiger partial charge in [-0.2, -0.15) is 9.97 Å². The first-order valence-electron chi connectivity index (χ1n) is 11.7. The third-order valence-corrected chi connectivity index (χ3v) is 6.56. The van der Waals surface area contributed by atoms with Crippen LogP contribution in [0.2, 0.25) is 0 Å². The van der Waals surface area contributed by atoms with Gasteiger partial charge in [0, 0.05) is 18.6 Å². The number of oxime groups is 1. The van der Waals surface area contributed by atoms with Crippen LogP contribution in [-0.2, 0) is 11.4 Å². The Balaban J connectivity index is 1.41. The van der Waals surface area contributed by atoms with E-state index in [9.17, 15) is 0 Å². The number of anilines is 2. The number of hydrogen-bond donors (Lipinski definition) is 2. The zero-order chi connectivity index (χ0) is 21.8. The number of aromatic nitrogens is 4. The highest BCUT2D eigenvalue weighted by molar-refractivity contribution is 5.85. The van der Waals surface area contributed by atoms with Gasteiger partial charge < -0.3 is 20.0 Å². The summed E-state index contributed by atoms with van der Waals surface area (Å²) in [6, 6.07) is 11.2. The lowest BCUT2D eigenvalue weighted by Gasteiger charge is -2.24. The van der Waals surface area contributed by atoms with E-state index in [0.29, 0.717) is 24.6 Å². The van der Waals surface area contributed by atoms with Gasteiger partial charge in [-0.25, -0.2) is 4.98 Å². The van der Waals surface area contributed by atoms with Crippen LogP contribution < -0.4 is 10.6 Å². The second kappa shape index (κ2) is 9.54. The predicted octanol–water partition coefficient (Wildman–Crippen LogP) is 4.91. The van der Waals surface area contributed by atoms with Gasteiger partial charge in [0.05, 0.1) is 12.0 Å². The molecule has 2 heterocycles. The lowest BCUT2D eigenvalue weighted by atomic mass is 9.94. The van der Waals surface area contributed by atoms with E-state index in [4.69, 9.17) is 19.8 Å². The van der Waals surface area contributed by atoms with Gasteiger partial charge in [0.15, 0.2) is 17.0 Å². The Labute approximate surface area is 188 Å². The zero-order valence-electron chi connectivity index (χ0n) is 18.6. The molecule has 5 rings (SSSR count). The van der Waals surface area contributed by atoms with Crippen molar-refractivity contribution in [1.29, 1.82) is 0 Å². The average molecular weight is 434 g/mol. The molecule has 0 atom stereocenters.